The number of benzene rings is 1. The predicted octanol–water partition coefficient (Wildman–Crippen LogP) is 1.38. The van der Waals surface area contributed by atoms with Gasteiger partial charge in [0.1, 0.15) is 23.7 Å². The Morgan fingerprint density at radius 1 is 1.29 bits per heavy atom. The maximum atomic E-state index is 11.8. The molecule has 0 aliphatic heterocycles. The van der Waals surface area contributed by atoms with Crippen molar-refractivity contribution in [1.82, 2.24) is 28.8 Å². The third-order valence-electron chi connectivity index (χ3n) is 3.07. The first-order valence-corrected chi connectivity index (χ1v) is 7.34. The lowest BCUT2D eigenvalue weighted by atomic mass is 10.2. The Hall–Kier alpha value is -2.35. The predicted molar refractivity (Wildman–Crippen MR) is 78.5 cm³/mol. The molecule has 3 rings (SSSR count). The van der Waals surface area contributed by atoms with Crippen LogP contribution in [0.5, 0.6) is 0 Å². The Balaban J connectivity index is 1.44. The monoisotopic (exact) mass is 302 g/mol. The second kappa shape index (κ2) is 6.40. The number of rotatable bonds is 6. The summed E-state index contributed by atoms with van der Waals surface area (Å²) in [6, 6.07) is 5.83. The second-order valence-corrected chi connectivity index (χ2v) is 5.15. The molecule has 0 saturated heterocycles. The van der Waals surface area contributed by atoms with Crippen LogP contribution in [0, 0.1) is 0 Å². The van der Waals surface area contributed by atoms with Gasteiger partial charge < -0.3 is 5.32 Å². The van der Waals surface area contributed by atoms with E-state index in [-0.39, 0.29) is 5.91 Å². The number of carbonyl (C=O) groups is 1. The fourth-order valence-corrected chi connectivity index (χ4v) is 2.49. The molecule has 0 fully saturated rings. The fourth-order valence-electron chi connectivity index (χ4n) is 1.98. The van der Waals surface area contributed by atoms with Crippen LogP contribution in [0.15, 0.2) is 30.9 Å². The number of nitrogens with zero attached hydrogens (tertiary/aromatic N) is 5. The van der Waals surface area contributed by atoms with Crippen LogP contribution >= 0.6 is 11.7 Å². The van der Waals surface area contributed by atoms with Crippen LogP contribution in [0.3, 0.4) is 0 Å². The van der Waals surface area contributed by atoms with Gasteiger partial charge in [-0.05, 0) is 24.1 Å². The van der Waals surface area contributed by atoms with Crippen molar-refractivity contribution in [3.05, 3.63) is 36.4 Å². The average molecular weight is 302 g/mol. The molecule has 0 atom stereocenters. The van der Waals surface area contributed by atoms with Crippen molar-refractivity contribution >= 4 is 28.7 Å². The molecule has 0 saturated carbocycles. The largest absolute Gasteiger partial charge is 0.352 e. The van der Waals surface area contributed by atoms with Gasteiger partial charge in [0.2, 0.25) is 5.91 Å². The lowest BCUT2D eigenvalue weighted by Crippen LogP contribution is -2.22. The van der Waals surface area contributed by atoms with E-state index in [9.17, 15) is 4.79 Å². The van der Waals surface area contributed by atoms with Gasteiger partial charge >= 0.3 is 0 Å². The number of aryl methyl sites for hydroxylation is 1. The molecule has 7 nitrogen and oxygen atoms in total. The summed E-state index contributed by atoms with van der Waals surface area (Å²) in [5, 5.41) is 6.90. The van der Waals surface area contributed by atoms with E-state index in [1.165, 1.54) is 18.1 Å². The average Bonchev–Trinajstić information content (AvgIpc) is 3.15. The molecule has 3 aromatic rings. The molecule has 21 heavy (non-hydrogen) atoms. The standard InChI is InChI=1S/C13H14N6OS/c20-13(2-1-5-19-9-14-8-16-19)15-7-10-3-4-11-12(6-10)18-21-17-11/h3-4,6,8-9H,1-2,5,7H2,(H,15,20). The highest BCUT2D eigenvalue weighted by Crippen LogP contribution is 2.13. The fraction of sp³-hybridized carbons (Fsp3) is 0.308. The van der Waals surface area contributed by atoms with E-state index in [4.69, 9.17) is 0 Å². The van der Waals surface area contributed by atoms with E-state index in [1.807, 2.05) is 18.2 Å². The zero-order valence-electron chi connectivity index (χ0n) is 11.3. The first-order valence-electron chi connectivity index (χ1n) is 6.61. The summed E-state index contributed by atoms with van der Waals surface area (Å²) < 4.78 is 10.1. The quantitative estimate of drug-likeness (QED) is 0.743. The van der Waals surface area contributed by atoms with Gasteiger partial charge in [-0.25, -0.2) is 4.98 Å². The van der Waals surface area contributed by atoms with Crippen LogP contribution in [0.1, 0.15) is 18.4 Å². The lowest BCUT2D eigenvalue weighted by molar-refractivity contribution is -0.121. The summed E-state index contributed by atoms with van der Waals surface area (Å²) in [5.41, 5.74) is 2.79. The smallest absolute Gasteiger partial charge is 0.220 e. The van der Waals surface area contributed by atoms with E-state index in [0.717, 1.165) is 23.0 Å². The van der Waals surface area contributed by atoms with Gasteiger partial charge in [-0.15, -0.1) is 0 Å². The van der Waals surface area contributed by atoms with Crippen molar-refractivity contribution in [2.75, 3.05) is 0 Å². The van der Waals surface area contributed by atoms with Crippen molar-refractivity contribution in [3.63, 3.8) is 0 Å². The molecule has 1 amide bonds. The van der Waals surface area contributed by atoms with Gasteiger partial charge in [0.25, 0.3) is 0 Å². The second-order valence-electron chi connectivity index (χ2n) is 4.63. The summed E-state index contributed by atoms with van der Waals surface area (Å²) in [6.07, 6.45) is 4.35. The van der Waals surface area contributed by atoms with E-state index >= 15 is 0 Å². The van der Waals surface area contributed by atoms with E-state index < -0.39 is 0 Å². The number of hydrogen-bond acceptors (Lipinski definition) is 6. The molecule has 1 aromatic carbocycles. The Labute approximate surface area is 125 Å². The van der Waals surface area contributed by atoms with Gasteiger partial charge in [-0.2, -0.15) is 13.8 Å². The Morgan fingerprint density at radius 2 is 2.19 bits per heavy atom. The van der Waals surface area contributed by atoms with Crippen LogP contribution in [-0.2, 0) is 17.9 Å². The zero-order chi connectivity index (χ0) is 14.5. The highest BCUT2D eigenvalue weighted by atomic mass is 32.1. The summed E-state index contributed by atoms with van der Waals surface area (Å²) >= 11 is 1.20. The van der Waals surface area contributed by atoms with E-state index in [1.54, 1.807) is 11.0 Å². The third-order valence-corrected chi connectivity index (χ3v) is 3.62. The molecule has 0 aliphatic rings. The van der Waals surface area contributed by atoms with Crippen molar-refractivity contribution in [2.24, 2.45) is 0 Å². The normalized spacial score (nSPS) is 10.9. The SMILES string of the molecule is O=C(CCCn1cncn1)NCc1ccc2nsnc2c1. The van der Waals surface area contributed by atoms with Gasteiger partial charge in [0.15, 0.2) is 0 Å². The highest BCUT2D eigenvalue weighted by Gasteiger charge is 2.04. The number of aromatic nitrogens is 5. The summed E-state index contributed by atoms with van der Waals surface area (Å²) in [5.74, 6) is 0.0339. The molecule has 0 spiro atoms. The van der Waals surface area contributed by atoms with Crippen LogP contribution in [0.4, 0.5) is 0 Å². The number of fused-ring (bicyclic) bond motifs is 1. The van der Waals surface area contributed by atoms with Gasteiger partial charge in [-0.3, -0.25) is 9.48 Å². The third kappa shape index (κ3) is 3.60. The molecule has 2 heterocycles. The molecule has 108 valence electrons. The minimum absolute atomic E-state index is 0.0339. The molecule has 0 aliphatic carbocycles. The van der Waals surface area contributed by atoms with Gasteiger partial charge in [-0.1, -0.05) is 6.07 Å². The minimum Gasteiger partial charge on any atom is -0.352 e. The van der Waals surface area contributed by atoms with Gasteiger partial charge in [0, 0.05) is 19.5 Å². The first kappa shape index (κ1) is 13.6. The maximum absolute atomic E-state index is 11.8. The van der Waals surface area contributed by atoms with Crippen LogP contribution in [0.25, 0.3) is 11.0 Å². The molecule has 1 N–H and O–H groups in total. The zero-order valence-corrected chi connectivity index (χ0v) is 12.1. The lowest BCUT2D eigenvalue weighted by Gasteiger charge is -2.05. The van der Waals surface area contributed by atoms with E-state index in [2.05, 4.69) is 24.1 Å². The molecular weight excluding hydrogens is 288 g/mol. The maximum Gasteiger partial charge on any atom is 0.220 e. The molecular formula is C13H14N6OS. The molecule has 8 heteroatoms. The summed E-state index contributed by atoms with van der Waals surface area (Å²) in [4.78, 5) is 15.6. The van der Waals surface area contributed by atoms with Crippen LogP contribution < -0.4 is 5.32 Å². The number of nitrogens with one attached hydrogen (secondary N) is 1. The van der Waals surface area contributed by atoms with Crippen molar-refractivity contribution in [2.45, 2.75) is 25.9 Å². The van der Waals surface area contributed by atoms with Crippen molar-refractivity contribution in [1.29, 1.82) is 0 Å². The molecule has 0 radical (unpaired) electrons. The molecule has 2 aromatic heterocycles. The first-order chi connectivity index (χ1) is 10.3. The van der Waals surface area contributed by atoms with Crippen LogP contribution in [0.2, 0.25) is 0 Å². The Bertz CT molecular complexity index is 723. The highest BCUT2D eigenvalue weighted by molar-refractivity contribution is 7.00. The molecule has 0 unspecified atom stereocenters. The summed E-state index contributed by atoms with van der Waals surface area (Å²) in [6.45, 7) is 1.21. The van der Waals surface area contributed by atoms with Gasteiger partial charge in [0.05, 0.1) is 11.7 Å². The Kier molecular flexibility index (Phi) is 4.15. The minimum atomic E-state index is 0.0339. The molecule has 0 bridgehead atoms. The van der Waals surface area contributed by atoms with E-state index in [0.29, 0.717) is 19.5 Å². The number of amides is 1. The van der Waals surface area contributed by atoms with Crippen molar-refractivity contribution < 1.29 is 4.79 Å². The van der Waals surface area contributed by atoms with Crippen molar-refractivity contribution in [3.8, 4) is 0 Å². The Morgan fingerprint density at radius 3 is 3.05 bits per heavy atom. The van der Waals surface area contributed by atoms with Crippen LogP contribution in [-0.4, -0.2) is 29.4 Å². The summed E-state index contributed by atoms with van der Waals surface area (Å²) in [7, 11) is 0. The number of hydrogen-bond donors (Lipinski definition) is 1. The number of carbonyl (C=O) groups excluding carboxylic acids is 1. The topological polar surface area (TPSA) is 85.6 Å².